The van der Waals surface area contributed by atoms with E-state index in [1.165, 1.54) is 31.2 Å². The fourth-order valence-electron chi connectivity index (χ4n) is 3.79. The van der Waals surface area contributed by atoms with E-state index in [1.807, 2.05) is 0 Å². The molecular weight excluding hydrogens is 246 g/mol. The van der Waals surface area contributed by atoms with Crippen LogP contribution in [0.1, 0.15) is 50.2 Å². The van der Waals surface area contributed by atoms with Crippen LogP contribution in [0.5, 0.6) is 0 Å². The second-order valence-electron chi connectivity index (χ2n) is 5.95. The van der Waals surface area contributed by atoms with Crippen molar-refractivity contribution in [3.63, 3.8) is 0 Å². The zero-order valence-corrected chi connectivity index (χ0v) is 11.9. The molecule has 20 heavy (non-hydrogen) atoms. The van der Waals surface area contributed by atoms with Gasteiger partial charge in [0.2, 0.25) is 0 Å². The molecule has 0 spiro atoms. The lowest BCUT2D eigenvalue weighted by molar-refractivity contribution is 0.342. The molecule has 1 heterocycles. The summed E-state index contributed by atoms with van der Waals surface area (Å²) in [6.45, 7) is 2.17. The van der Waals surface area contributed by atoms with Gasteiger partial charge in [-0.2, -0.15) is 5.26 Å². The van der Waals surface area contributed by atoms with Crippen molar-refractivity contribution in [2.45, 2.75) is 50.5 Å². The number of rotatable bonds is 3. The molecule has 0 bridgehead atoms. The third-order valence-electron chi connectivity index (χ3n) is 5.02. The van der Waals surface area contributed by atoms with Crippen molar-refractivity contribution in [3.8, 4) is 6.07 Å². The first kappa shape index (κ1) is 13.2. The number of benzene rings is 1. The SMILES string of the molecule is CCC(N)C1(c2ccc3[nH]cc(C#N)c3c2)CCCC1. The number of H-pyrrole nitrogens is 1. The number of fused-ring (bicyclic) bond motifs is 1. The fourth-order valence-corrected chi connectivity index (χ4v) is 3.79. The maximum absolute atomic E-state index is 9.21. The van der Waals surface area contributed by atoms with Gasteiger partial charge in [0.05, 0.1) is 5.56 Å². The number of hydrogen-bond donors (Lipinski definition) is 2. The maximum Gasteiger partial charge on any atom is 0.101 e. The molecule has 1 fully saturated rings. The summed E-state index contributed by atoms with van der Waals surface area (Å²) in [6.07, 6.45) is 7.62. The van der Waals surface area contributed by atoms with Crippen LogP contribution in [0.15, 0.2) is 24.4 Å². The van der Waals surface area contributed by atoms with Crippen LogP contribution in [0.3, 0.4) is 0 Å². The molecule has 0 aliphatic heterocycles. The Hall–Kier alpha value is -1.79. The highest BCUT2D eigenvalue weighted by molar-refractivity contribution is 5.86. The van der Waals surface area contributed by atoms with E-state index in [0.29, 0.717) is 0 Å². The summed E-state index contributed by atoms with van der Waals surface area (Å²) in [5, 5.41) is 10.2. The molecule has 1 unspecified atom stereocenters. The van der Waals surface area contributed by atoms with Gasteiger partial charge in [0.1, 0.15) is 6.07 Å². The molecule has 3 nitrogen and oxygen atoms in total. The summed E-state index contributed by atoms with van der Waals surface area (Å²) in [5.41, 5.74) is 9.63. The van der Waals surface area contributed by atoms with E-state index in [1.54, 1.807) is 6.20 Å². The predicted molar refractivity (Wildman–Crippen MR) is 81.4 cm³/mol. The van der Waals surface area contributed by atoms with Gasteiger partial charge in [-0.25, -0.2) is 0 Å². The molecule has 1 saturated carbocycles. The summed E-state index contributed by atoms with van der Waals surface area (Å²) < 4.78 is 0. The van der Waals surface area contributed by atoms with Gasteiger partial charge in [-0.3, -0.25) is 0 Å². The molecule has 1 aliphatic rings. The highest BCUT2D eigenvalue weighted by Gasteiger charge is 2.40. The van der Waals surface area contributed by atoms with E-state index < -0.39 is 0 Å². The first-order valence-corrected chi connectivity index (χ1v) is 7.48. The largest absolute Gasteiger partial charge is 0.360 e. The number of nitrogens with two attached hydrogens (primary N) is 1. The van der Waals surface area contributed by atoms with Gasteiger partial charge in [0, 0.05) is 28.6 Å². The van der Waals surface area contributed by atoms with Gasteiger partial charge in [0.25, 0.3) is 0 Å². The normalized spacial score (nSPS) is 19.1. The highest BCUT2D eigenvalue weighted by Crippen LogP contribution is 2.44. The zero-order valence-electron chi connectivity index (χ0n) is 11.9. The van der Waals surface area contributed by atoms with Gasteiger partial charge >= 0.3 is 0 Å². The lowest BCUT2D eigenvalue weighted by Crippen LogP contribution is -2.43. The summed E-state index contributed by atoms with van der Waals surface area (Å²) in [7, 11) is 0. The standard InChI is InChI=1S/C17H21N3/c1-2-16(19)17(7-3-4-8-17)13-5-6-15-14(9-13)12(10-18)11-20-15/h5-6,9,11,16,20H,2-4,7-8,19H2,1H3. The third-order valence-corrected chi connectivity index (χ3v) is 5.02. The number of nitriles is 1. The Morgan fingerprint density at radius 2 is 2.15 bits per heavy atom. The monoisotopic (exact) mass is 267 g/mol. The Morgan fingerprint density at radius 1 is 1.40 bits per heavy atom. The van der Waals surface area contributed by atoms with Crippen LogP contribution >= 0.6 is 0 Å². The molecule has 2 aromatic rings. The predicted octanol–water partition coefficient (Wildman–Crippen LogP) is 3.59. The second kappa shape index (κ2) is 4.96. The summed E-state index contributed by atoms with van der Waals surface area (Å²) >= 11 is 0. The van der Waals surface area contributed by atoms with Crippen LogP contribution < -0.4 is 5.73 Å². The van der Waals surface area contributed by atoms with E-state index >= 15 is 0 Å². The topological polar surface area (TPSA) is 65.6 Å². The molecule has 0 saturated heterocycles. The summed E-state index contributed by atoms with van der Waals surface area (Å²) in [4.78, 5) is 3.16. The Morgan fingerprint density at radius 3 is 2.80 bits per heavy atom. The smallest absolute Gasteiger partial charge is 0.101 e. The molecule has 1 atom stereocenters. The number of hydrogen-bond acceptors (Lipinski definition) is 2. The number of nitrogens with one attached hydrogen (secondary N) is 1. The van der Waals surface area contributed by atoms with Crippen molar-refractivity contribution >= 4 is 10.9 Å². The fraction of sp³-hybridized carbons (Fsp3) is 0.471. The quantitative estimate of drug-likeness (QED) is 0.892. The molecule has 0 amide bonds. The first-order valence-electron chi connectivity index (χ1n) is 7.48. The maximum atomic E-state index is 9.21. The molecule has 1 aliphatic carbocycles. The van der Waals surface area contributed by atoms with Crippen molar-refractivity contribution < 1.29 is 0 Å². The van der Waals surface area contributed by atoms with E-state index in [4.69, 9.17) is 5.73 Å². The molecule has 0 radical (unpaired) electrons. The zero-order chi connectivity index (χ0) is 14.2. The van der Waals surface area contributed by atoms with Gasteiger partial charge in [-0.15, -0.1) is 0 Å². The molecule has 1 aromatic heterocycles. The molecule has 3 heteroatoms. The van der Waals surface area contributed by atoms with Crippen molar-refractivity contribution in [1.82, 2.24) is 4.98 Å². The number of aromatic amines is 1. The van der Waals surface area contributed by atoms with Crippen molar-refractivity contribution in [1.29, 1.82) is 5.26 Å². The molecule has 104 valence electrons. The van der Waals surface area contributed by atoms with E-state index in [9.17, 15) is 5.26 Å². The van der Waals surface area contributed by atoms with E-state index in [2.05, 4.69) is 36.2 Å². The van der Waals surface area contributed by atoms with Crippen LogP contribution in [0.25, 0.3) is 10.9 Å². The van der Waals surface area contributed by atoms with Crippen LogP contribution in [0.4, 0.5) is 0 Å². The van der Waals surface area contributed by atoms with E-state index in [0.717, 1.165) is 22.9 Å². The second-order valence-corrected chi connectivity index (χ2v) is 5.95. The Balaban J connectivity index is 2.14. The Kier molecular flexibility index (Phi) is 3.27. The number of aromatic nitrogens is 1. The van der Waals surface area contributed by atoms with Gasteiger partial charge < -0.3 is 10.7 Å². The van der Waals surface area contributed by atoms with Gasteiger partial charge in [-0.1, -0.05) is 25.8 Å². The lowest BCUT2D eigenvalue weighted by Gasteiger charge is -2.35. The molecule has 3 rings (SSSR count). The van der Waals surface area contributed by atoms with Crippen molar-refractivity contribution in [3.05, 3.63) is 35.5 Å². The number of nitrogens with zero attached hydrogens (tertiary/aromatic N) is 1. The first-order chi connectivity index (χ1) is 9.71. The van der Waals surface area contributed by atoms with Gasteiger partial charge in [0.15, 0.2) is 0 Å². The third kappa shape index (κ3) is 1.83. The average molecular weight is 267 g/mol. The minimum atomic E-state index is 0.104. The minimum absolute atomic E-state index is 0.104. The van der Waals surface area contributed by atoms with Crippen LogP contribution in [-0.4, -0.2) is 11.0 Å². The Labute approximate surface area is 119 Å². The summed E-state index contributed by atoms with van der Waals surface area (Å²) in [5.74, 6) is 0. The van der Waals surface area contributed by atoms with E-state index in [-0.39, 0.29) is 11.5 Å². The minimum Gasteiger partial charge on any atom is -0.360 e. The van der Waals surface area contributed by atoms with Gasteiger partial charge in [-0.05, 0) is 37.0 Å². The van der Waals surface area contributed by atoms with Crippen molar-refractivity contribution in [2.24, 2.45) is 5.73 Å². The molecule has 3 N–H and O–H groups in total. The highest BCUT2D eigenvalue weighted by atomic mass is 14.7. The molecular formula is C17H21N3. The summed E-state index contributed by atoms with van der Waals surface area (Å²) in [6, 6.07) is 8.93. The lowest BCUT2D eigenvalue weighted by atomic mass is 9.72. The van der Waals surface area contributed by atoms with Crippen molar-refractivity contribution in [2.75, 3.05) is 0 Å². The Bertz CT molecular complexity index is 656. The average Bonchev–Trinajstić information content (AvgIpc) is 3.13. The van der Waals surface area contributed by atoms with Crippen LogP contribution in [0, 0.1) is 11.3 Å². The molecule has 1 aromatic carbocycles. The van der Waals surface area contributed by atoms with Crippen LogP contribution in [-0.2, 0) is 5.41 Å². The van der Waals surface area contributed by atoms with Crippen LogP contribution in [0.2, 0.25) is 0 Å².